The number of carbonyl (C=O) groups excluding carboxylic acids is 1. The van der Waals surface area contributed by atoms with E-state index in [4.69, 9.17) is 0 Å². The van der Waals surface area contributed by atoms with Crippen molar-refractivity contribution in [3.63, 3.8) is 0 Å². The standard InChI is InChI=1S/C20H25N3O/c1-20(2,23-14-6-7-15-23)19(24)22-18(16-8-4-3-5-9-16)17-10-12-21-13-11-17/h3-5,8-13,18H,6-7,14-15H2,1-2H3,(H,22,24). The second kappa shape index (κ2) is 7.14. The Morgan fingerprint density at radius 2 is 1.62 bits per heavy atom. The van der Waals surface area contributed by atoms with E-state index in [1.165, 1.54) is 12.8 Å². The number of nitrogens with one attached hydrogen (secondary N) is 1. The molecule has 0 spiro atoms. The monoisotopic (exact) mass is 323 g/mol. The molecular weight excluding hydrogens is 298 g/mol. The highest BCUT2D eigenvalue weighted by atomic mass is 16.2. The minimum Gasteiger partial charge on any atom is -0.344 e. The highest BCUT2D eigenvalue weighted by Crippen LogP contribution is 2.25. The van der Waals surface area contributed by atoms with Crippen LogP contribution >= 0.6 is 0 Å². The molecule has 4 nitrogen and oxygen atoms in total. The number of rotatable bonds is 5. The molecule has 2 heterocycles. The molecule has 1 saturated heterocycles. The third-order valence-electron chi connectivity index (χ3n) is 4.90. The van der Waals surface area contributed by atoms with Crippen LogP contribution in [0.4, 0.5) is 0 Å². The molecule has 1 aliphatic rings. The first-order valence-electron chi connectivity index (χ1n) is 8.60. The van der Waals surface area contributed by atoms with Gasteiger partial charge in [0.2, 0.25) is 5.91 Å². The van der Waals surface area contributed by atoms with Crippen LogP contribution in [0.5, 0.6) is 0 Å². The van der Waals surface area contributed by atoms with Gasteiger partial charge in [-0.05, 0) is 63.0 Å². The van der Waals surface area contributed by atoms with E-state index in [1.807, 2.05) is 56.3 Å². The van der Waals surface area contributed by atoms with Crippen LogP contribution < -0.4 is 5.32 Å². The second-order valence-corrected chi connectivity index (χ2v) is 6.85. The smallest absolute Gasteiger partial charge is 0.240 e. The molecule has 1 aliphatic heterocycles. The number of hydrogen-bond acceptors (Lipinski definition) is 3. The summed E-state index contributed by atoms with van der Waals surface area (Å²) in [4.78, 5) is 19.4. The number of amides is 1. The summed E-state index contributed by atoms with van der Waals surface area (Å²) in [6.45, 7) is 6.02. The molecule has 0 bridgehead atoms. The van der Waals surface area contributed by atoms with Crippen molar-refractivity contribution in [2.24, 2.45) is 0 Å². The predicted molar refractivity (Wildman–Crippen MR) is 95.6 cm³/mol. The summed E-state index contributed by atoms with van der Waals surface area (Å²) in [6, 6.07) is 13.8. The van der Waals surface area contributed by atoms with Crippen molar-refractivity contribution in [3.05, 3.63) is 66.0 Å². The van der Waals surface area contributed by atoms with E-state index < -0.39 is 5.54 Å². The first-order chi connectivity index (χ1) is 11.6. The molecule has 126 valence electrons. The molecule has 3 rings (SSSR count). The van der Waals surface area contributed by atoms with Gasteiger partial charge in [0, 0.05) is 12.4 Å². The van der Waals surface area contributed by atoms with Gasteiger partial charge in [-0.3, -0.25) is 14.7 Å². The lowest BCUT2D eigenvalue weighted by atomic mass is 9.96. The maximum Gasteiger partial charge on any atom is 0.240 e. The van der Waals surface area contributed by atoms with Crippen LogP contribution in [0.1, 0.15) is 43.9 Å². The van der Waals surface area contributed by atoms with Crippen LogP contribution in [0.2, 0.25) is 0 Å². The maximum absolute atomic E-state index is 13.0. The number of benzene rings is 1. The molecule has 0 saturated carbocycles. The Kier molecular flexibility index (Phi) is 4.95. The second-order valence-electron chi connectivity index (χ2n) is 6.85. The van der Waals surface area contributed by atoms with Gasteiger partial charge in [0.1, 0.15) is 0 Å². The van der Waals surface area contributed by atoms with Crippen molar-refractivity contribution in [2.75, 3.05) is 13.1 Å². The summed E-state index contributed by atoms with van der Waals surface area (Å²) < 4.78 is 0. The lowest BCUT2D eigenvalue weighted by molar-refractivity contribution is -0.131. The fraction of sp³-hybridized carbons (Fsp3) is 0.400. The van der Waals surface area contributed by atoms with Crippen LogP contribution in [-0.4, -0.2) is 34.4 Å². The molecule has 1 unspecified atom stereocenters. The Balaban J connectivity index is 1.85. The van der Waals surface area contributed by atoms with Crippen molar-refractivity contribution < 1.29 is 4.79 Å². The molecule has 1 N–H and O–H groups in total. The molecular formula is C20H25N3O. The predicted octanol–water partition coefficient (Wildman–Crippen LogP) is 3.16. The summed E-state index contributed by atoms with van der Waals surface area (Å²) in [5.41, 5.74) is 1.62. The zero-order chi connectivity index (χ0) is 17.0. The van der Waals surface area contributed by atoms with Gasteiger partial charge in [0.15, 0.2) is 0 Å². The van der Waals surface area contributed by atoms with Gasteiger partial charge in [0.05, 0.1) is 11.6 Å². The number of carbonyl (C=O) groups is 1. The Labute approximate surface area is 143 Å². The van der Waals surface area contributed by atoms with E-state index in [-0.39, 0.29) is 11.9 Å². The van der Waals surface area contributed by atoms with E-state index in [9.17, 15) is 4.79 Å². The molecule has 1 amide bonds. The van der Waals surface area contributed by atoms with E-state index >= 15 is 0 Å². The average molecular weight is 323 g/mol. The average Bonchev–Trinajstić information content (AvgIpc) is 3.16. The third-order valence-corrected chi connectivity index (χ3v) is 4.90. The van der Waals surface area contributed by atoms with Crippen molar-refractivity contribution in [3.8, 4) is 0 Å². The SMILES string of the molecule is CC(C)(C(=O)NC(c1ccccc1)c1ccncc1)N1CCCC1. The first-order valence-corrected chi connectivity index (χ1v) is 8.60. The number of hydrogen-bond donors (Lipinski definition) is 1. The number of pyridine rings is 1. The lowest BCUT2D eigenvalue weighted by Gasteiger charge is -2.35. The highest BCUT2D eigenvalue weighted by Gasteiger charge is 2.37. The van der Waals surface area contributed by atoms with Crippen LogP contribution in [0.25, 0.3) is 0 Å². The molecule has 2 aromatic rings. The van der Waals surface area contributed by atoms with Crippen LogP contribution in [-0.2, 0) is 4.79 Å². The minimum absolute atomic E-state index is 0.0649. The van der Waals surface area contributed by atoms with Gasteiger partial charge in [-0.15, -0.1) is 0 Å². The molecule has 24 heavy (non-hydrogen) atoms. The van der Waals surface area contributed by atoms with Gasteiger partial charge in [-0.25, -0.2) is 0 Å². The van der Waals surface area contributed by atoms with E-state index in [1.54, 1.807) is 12.4 Å². The quantitative estimate of drug-likeness (QED) is 0.919. The van der Waals surface area contributed by atoms with Crippen molar-refractivity contribution in [2.45, 2.75) is 38.3 Å². The van der Waals surface area contributed by atoms with Gasteiger partial charge in [-0.2, -0.15) is 0 Å². The Morgan fingerprint density at radius 1 is 1.04 bits per heavy atom. The number of aromatic nitrogens is 1. The summed E-state index contributed by atoms with van der Waals surface area (Å²) >= 11 is 0. The highest BCUT2D eigenvalue weighted by molar-refractivity contribution is 5.86. The molecule has 1 atom stereocenters. The van der Waals surface area contributed by atoms with Crippen molar-refractivity contribution in [1.29, 1.82) is 0 Å². The molecule has 1 aromatic heterocycles. The van der Waals surface area contributed by atoms with Crippen LogP contribution in [0.15, 0.2) is 54.9 Å². The summed E-state index contributed by atoms with van der Waals surface area (Å²) in [7, 11) is 0. The Morgan fingerprint density at radius 3 is 2.25 bits per heavy atom. The summed E-state index contributed by atoms with van der Waals surface area (Å²) in [5, 5.41) is 3.26. The van der Waals surface area contributed by atoms with Gasteiger partial charge < -0.3 is 5.32 Å². The van der Waals surface area contributed by atoms with Gasteiger partial charge >= 0.3 is 0 Å². The minimum atomic E-state index is -0.503. The molecule has 0 radical (unpaired) electrons. The number of nitrogens with zero attached hydrogens (tertiary/aromatic N) is 2. The van der Waals surface area contributed by atoms with E-state index in [2.05, 4.69) is 15.2 Å². The first kappa shape index (κ1) is 16.7. The fourth-order valence-corrected chi connectivity index (χ4v) is 3.29. The Bertz CT molecular complexity index is 624. The fourth-order valence-electron chi connectivity index (χ4n) is 3.29. The van der Waals surface area contributed by atoms with Crippen LogP contribution in [0.3, 0.4) is 0 Å². The molecule has 0 aliphatic carbocycles. The zero-order valence-electron chi connectivity index (χ0n) is 14.4. The lowest BCUT2D eigenvalue weighted by Crippen LogP contribution is -2.54. The summed E-state index contributed by atoms with van der Waals surface area (Å²) in [5.74, 6) is 0.0649. The Hall–Kier alpha value is -2.20. The molecule has 1 fully saturated rings. The maximum atomic E-state index is 13.0. The van der Waals surface area contributed by atoms with Crippen molar-refractivity contribution in [1.82, 2.24) is 15.2 Å². The topological polar surface area (TPSA) is 45.2 Å². The third kappa shape index (κ3) is 3.49. The van der Waals surface area contributed by atoms with E-state index in [0.29, 0.717) is 0 Å². The van der Waals surface area contributed by atoms with Crippen LogP contribution in [0, 0.1) is 0 Å². The number of likely N-dealkylation sites (tertiary alicyclic amines) is 1. The molecule has 1 aromatic carbocycles. The van der Waals surface area contributed by atoms with E-state index in [0.717, 1.165) is 24.2 Å². The summed E-state index contributed by atoms with van der Waals surface area (Å²) in [6.07, 6.45) is 5.87. The molecule has 4 heteroatoms. The van der Waals surface area contributed by atoms with Gasteiger partial charge in [0.25, 0.3) is 0 Å². The normalized spacial score (nSPS) is 16.8. The largest absolute Gasteiger partial charge is 0.344 e. The van der Waals surface area contributed by atoms with Crippen molar-refractivity contribution >= 4 is 5.91 Å². The zero-order valence-corrected chi connectivity index (χ0v) is 14.4. The van der Waals surface area contributed by atoms with Gasteiger partial charge in [-0.1, -0.05) is 30.3 Å².